The van der Waals surface area contributed by atoms with E-state index in [1.807, 2.05) is 0 Å². The lowest BCUT2D eigenvalue weighted by Gasteiger charge is -2.03. The molecule has 0 aromatic carbocycles. The number of aliphatic hydroxyl groups is 1. The Kier molecular flexibility index (Phi) is 2.74. The normalized spacial score (nSPS) is 14.6. The van der Waals surface area contributed by atoms with Crippen LogP contribution in [0.3, 0.4) is 0 Å². The van der Waals surface area contributed by atoms with Gasteiger partial charge in [-0.2, -0.15) is 4.73 Å². The Morgan fingerprint density at radius 1 is 1.62 bits per heavy atom. The molecule has 1 amide bonds. The molecule has 0 fully saturated rings. The minimum absolute atomic E-state index is 0.0347. The van der Waals surface area contributed by atoms with Crippen LogP contribution in [0.2, 0.25) is 0 Å². The second-order valence-electron chi connectivity index (χ2n) is 3.33. The van der Waals surface area contributed by atoms with Crippen molar-refractivity contribution in [3.63, 3.8) is 0 Å². The molecule has 84 valence electrons. The number of hydrogen-bond acceptors (Lipinski definition) is 4. The predicted octanol–water partition coefficient (Wildman–Crippen LogP) is -0.661. The van der Waals surface area contributed by atoms with E-state index >= 15 is 0 Å². The van der Waals surface area contributed by atoms with Crippen LogP contribution in [-0.2, 0) is 16.2 Å². The van der Waals surface area contributed by atoms with Gasteiger partial charge in [0.15, 0.2) is 0 Å². The number of rotatable bonds is 3. The topological polar surface area (TPSA) is 80.6 Å². The Labute approximate surface area is 91.1 Å². The van der Waals surface area contributed by atoms with Gasteiger partial charge in [0, 0.05) is 18.6 Å². The summed E-state index contributed by atoms with van der Waals surface area (Å²) in [7, 11) is 0. The molecule has 0 saturated heterocycles. The Morgan fingerprint density at radius 3 is 3.00 bits per heavy atom. The molecular weight excluding hydrogens is 212 g/mol. The average molecular weight is 222 g/mol. The van der Waals surface area contributed by atoms with Crippen molar-refractivity contribution in [3.05, 3.63) is 35.8 Å². The largest absolute Gasteiger partial charge is 0.392 e. The summed E-state index contributed by atoms with van der Waals surface area (Å²) in [6.45, 7) is -0.118. The molecule has 2 N–H and O–H groups in total. The molecule has 6 heteroatoms. The van der Waals surface area contributed by atoms with Crippen LogP contribution in [0.25, 0.3) is 0 Å². The van der Waals surface area contributed by atoms with E-state index in [-0.39, 0.29) is 24.5 Å². The van der Waals surface area contributed by atoms with Gasteiger partial charge in [-0.1, -0.05) is 0 Å². The maximum absolute atomic E-state index is 11.5. The van der Waals surface area contributed by atoms with E-state index in [0.717, 1.165) is 0 Å². The van der Waals surface area contributed by atoms with Crippen molar-refractivity contribution < 1.29 is 19.5 Å². The van der Waals surface area contributed by atoms with Crippen molar-refractivity contribution in [3.8, 4) is 0 Å². The van der Waals surface area contributed by atoms with Crippen LogP contribution in [0, 0.1) is 0 Å². The van der Waals surface area contributed by atoms with Crippen LogP contribution in [0.4, 0.5) is 0 Å². The fraction of sp³-hybridized carbons (Fsp3) is 0.200. The first-order valence-electron chi connectivity index (χ1n) is 4.68. The number of amides is 1. The van der Waals surface area contributed by atoms with Gasteiger partial charge < -0.3 is 15.3 Å². The standard InChI is InChI=1S/C10H10N2O4/c13-6-7-1-2-12(5-7)16-10(15)8-3-9(14)11-4-8/h1-2,4-5,13H,3,6H2,(H,11,14). The molecule has 0 spiro atoms. The number of nitrogens with one attached hydrogen (secondary N) is 1. The lowest BCUT2D eigenvalue weighted by molar-refractivity contribution is -0.140. The number of aliphatic hydroxyl groups excluding tert-OH is 1. The summed E-state index contributed by atoms with van der Waals surface area (Å²) in [4.78, 5) is 27.3. The van der Waals surface area contributed by atoms with Crippen LogP contribution in [0.1, 0.15) is 12.0 Å². The van der Waals surface area contributed by atoms with Crippen molar-refractivity contribution in [1.29, 1.82) is 0 Å². The molecule has 0 saturated carbocycles. The predicted molar refractivity (Wildman–Crippen MR) is 52.8 cm³/mol. The molecule has 1 aliphatic rings. The molecule has 0 bridgehead atoms. The van der Waals surface area contributed by atoms with Crippen LogP contribution >= 0.6 is 0 Å². The first-order valence-corrected chi connectivity index (χ1v) is 4.68. The quantitative estimate of drug-likeness (QED) is 0.711. The first-order chi connectivity index (χ1) is 7.69. The molecule has 0 aliphatic carbocycles. The van der Waals surface area contributed by atoms with Crippen LogP contribution in [0.15, 0.2) is 30.2 Å². The zero-order chi connectivity index (χ0) is 11.5. The Morgan fingerprint density at radius 2 is 2.44 bits per heavy atom. The van der Waals surface area contributed by atoms with E-state index in [1.165, 1.54) is 23.3 Å². The van der Waals surface area contributed by atoms with Gasteiger partial charge in [0.25, 0.3) is 0 Å². The van der Waals surface area contributed by atoms with E-state index in [4.69, 9.17) is 9.94 Å². The number of nitrogens with zero attached hydrogens (tertiary/aromatic N) is 1. The maximum atomic E-state index is 11.5. The van der Waals surface area contributed by atoms with Crippen molar-refractivity contribution in [2.45, 2.75) is 13.0 Å². The highest BCUT2D eigenvalue weighted by atomic mass is 16.7. The van der Waals surface area contributed by atoms with Crippen molar-refractivity contribution in [2.24, 2.45) is 0 Å². The molecule has 1 aromatic rings. The van der Waals surface area contributed by atoms with E-state index in [9.17, 15) is 9.59 Å². The fourth-order valence-corrected chi connectivity index (χ4v) is 1.30. The number of carbonyl (C=O) groups is 2. The lowest BCUT2D eigenvalue weighted by Crippen LogP contribution is -2.19. The molecule has 16 heavy (non-hydrogen) atoms. The molecule has 6 nitrogen and oxygen atoms in total. The Bertz CT molecular complexity index is 461. The summed E-state index contributed by atoms with van der Waals surface area (Å²) in [6.07, 6.45) is 4.37. The van der Waals surface area contributed by atoms with Crippen LogP contribution in [0.5, 0.6) is 0 Å². The van der Waals surface area contributed by atoms with Crippen molar-refractivity contribution in [2.75, 3.05) is 0 Å². The first kappa shape index (κ1) is 10.4. The molecule has 0 atom stereocenters. The number of aromatic nitrogens is 1. The van der Waals surface area contributed by atoms with Crippen molar-refractivity contribution >= 4 is 11.9 Å². The Balaban J connectivity index is 1.99. The van der Waals surface area contributed by atoms with Gasteiger partial charge in [0.05, 0.1) is 18.6 Å². The summed E-state index contributed by atoms with van der Waals surface area (Å²) in [6, 6.07) is 1.62. The molecular formula is C10H10N2O4. The van der Waals surface area contributed by atoms with Crippen LogP contribution in [-0.4, -0.2) is 21.7 Å². The maximum Gasteiger partial charge on any atom is 0.361 e. The van der Waals surface area contributed by atoms with Crippen molar-refractivity contribution in [1.82, 2.24) is 10.0 Å². The molecule has 2 heterocycles. The average Bonchev–Trinajstić information content (AvgIpc) is 2.87. The highest BCUT2D eigenvalue weighted by molar-refractivity contribution is 5.98. The minimum atomic E-state index is -0.585. The van der Waals surface area contributed by atoms with Gasteiger partial charge in [-0.25, -0.2) is 4.79 Å². The summed E-state index contributed by atoms with van der Waals surface area (Å²) < 4.78 is 1.19. The molecule has 0 unspecified atom stereocenters. The highest BCUT2D eigenvalue weighted by Gasteiger charge is 2.21. The SMILES string of the molecule is O=C1CC(C(=O)On2ccc(CO)c2)=CN1. The van der Waals surface area contributed by atoms with Gasteiger partial charge in [0.2, 0.25) is 5.91 Å². The molecule has 1 aliphatic heterocycles. The summed E-state index contributed by atoms with van der Waals surface area (Å²) in [5, 5.41) is 11.2. The molecule has 2 rings (SSSR count). The van der Waals surface area contributed by atoms with E-state index in [2.05, 4.69) is 5.32 Å². The van der Waals surface area contributed by atoms with Gasteiger partial charge in [0.1, 0.15) is 0 Å². The third kappa shape index (κ3) is 2.12. The van der Waals surface area contributed by atoms with Crippen LogP contribution < -0.4 is 10.2 Å². The summed E-state index contributed by atoms with van der Waals surface area (Å²) in [5.74, 6) is -0.811. The summed E-state index contributed by atoms with van der Waals surface area (Å²) >= 11 is 0. The highest BCUT2D eigenvalue weighted by Crippen LogP contribution is 2.08. The Hall–Kier alpha value is -2.08. The third-order valence-electron chi connectivity index (χ3n) is 2.12. The van der Waals surface area contributed by atoms with Gasteiger partial charge in [-0.3, -0.25) is 4.79 Å². The summed E-state index contributed by atoms with van der Waals surface area (Å²) in [5.41, 5.74) is 0.923. The molecule has 1 aromatic heterocycles. The zero-order valence-electron chi connectivity index (χ0n) is 8.34. The fourth-order valence-electron chi connectivity index (χ4n) is 1.30. The van der Waals surface area contributed by atoms with E-state index in [0.29, 0.717) is 5.56 Å². The third-order valence-corrected chi connectivity index (χ3v) is 2.12. The van der Waals surface area contributed by atoms with E-state index < -0.39 is 5.97 Å². The van der Waals surface area contributed by atoms with E-state index in [1.54, 1.807) is 6.07 Å². The second kappa shape index (κ2) is 4.19. The minimum Gasteiger partial charge on any atom is -0.392 e. The number of hydrogen-bond donors (Lipinski definition) is 2. The van der Waals surface area contributed by atoms with Gasteiger partial charge in [-0.05, 0) is 11.6 Å². The zero-order valence-corrected chi connectivity index (χ0v) is 8.34. The van der Waals surface area contributed by atoms with Gasteiger partial charge in [-0.15, -0.1) is 0 Å². The monoisotopic (exact) mass is 222 g/mol. The van der Waals surface area contributed by atoms with Gasteiger partial charge >= 0.3 is 5.97 Å². The number of carbonyl (C=O) groups excluding carboxylic acids is 2. The molecule has 0 radical (unpaired) electrons. The second-order valence-corrected chi connectivity index (χ2v) is 3.33. The lowest BCUT2D eigenvalue weighted by atomic mass is 10.2. The smallest absolute Gasteiger partial charge is 0.361 e.